The van der Waals surface area contributed by atoms with Gasteiger partial charge in [-0.15, -0.1) is 0 Å². The second kappa shape index (κ2) is 11.2. The lowest BCUT2D eigenvalue weighted by Crippen LogP contribution is -2.39. The summed E-state index contributed by atoms with van der Waals surface area (Å²) in [6, 6.07) is 13.3. The Hall–Kier alpha value is -2.28. The average Bonchev–Trinajstić information content (AvgIpc) is 3.24. The molecule has 3 rings (SSSR count). The first-order chi connectivity index (χ1) is 14.5. The predicted molar refractivity (Wildman–Crippen MR) is 120 cm³/mol. The number of benzene rings is 2. The van der Waals surface area contributed by atoms with Crippen molar-refractivity contribution in [3.05, 3.63) is 64.2 Å². The molecule has 0 amide bonds. The lowest BCUT2D eigenvalue weighted by molar-refractivity contribution is 0.140. The zero-order valence-electron chi connectivity index (χ0n) is 17.5. The lowest BCUT2D eigenvalue weighted by atomic mass is 10.1. The van der Waals surface area contributed by atoms with Crippen molar-refractivity contribution in [1.82, 2.24) is 10.6 Å². The third kappa shape index (κ3) is 6.62. The molecule has 0 spiro atoms. The van der Waals surface area contributed by atoms with E-state index < -0.39 is 6.10 Å². The van der Waals surface area contributed by atoms with Crippen molar-refractivity contribution >= 4 is 17.6 Å². The fraction of sp³-hybridized carbons (Fsp3) is 0.435. The second-order valence-corrected chi connectivity index (χ2v) is 7.79. The molecule has 162 valence electrons. The highest BCUT2D eigenvalue weighted by atomic mass is 35.5. The van der Waals surface area contributed by atoms with Gasteiger partial charge in [0.2, 0.25) is 0 Å². The fourth-order valence-corrected chi connectivity index (χ4v) is 3.32. The largest absolute Gasteiger partial charge is 0.488 e. The van der Waals surface area contributed by atoms with E-state index in [1.54, 1.807) is 12.1 Å². The SMILES string of the molecule is CCNC(=NCc1ccc(C)cc1OC1CCOC1)NCC(O)c1ccc(Cl)cc1. The number of nitrogens with zero attached hydrogens (tertiary/aromatic N) is 1. The number of ether oxygens (including phenoxy) is 2. The summed E-state index contributed by atoms with van der Waals surface area (Å²) in [5.41, 5.74) is 2.96. The number of halogens is 1. The summed E-state index contributed by atoms with van der Waals surface area (Å²) in [5.74, 6) is 1.49. The van der Waals surface area contributed by atoms with Crippen molar-refractivity contribution < 1.29 is 14.6 Å². The summed E-state index contributed by atoms with van der Waals surface area (Å²) in [6.45, 7) is 6.96. The molecule has 2 aromatic carbocycles. The number of aliphatic imine (C=N–C) groups is 1. The predicted octanol–water partition coefficient (Wildman–Crippen LogP) is 3.60. The molecule has 1 fully saturated rings. The highest BCUT2D eigenvalue weighted by molar-refractivity contribution is 6.30. The summed E-state index contributed by atoms with van der Waals surface area (Å²) in [7, 11) is 0. The third-order valence-electron chi connectivity index (χ3n) is 4.87. The summed E-state index contributed by atoms with van der Waals surface area (Å²) < 4.78 is 11.6. The molecule has 0 aromatic heterocycles. The Kier molecular flexibility index (Phi) is 8.37. The average molecular weight is 432 g/mol. The van der Waals surface area contributed by atoms with E-state index in [4.69, 9.17) is 21.1 Å². The number of aliphatic hydroxyl groups is 1. The molecule has 30 heavy (non-hydrogen) atoms. The van der Waals surface area contributed by atoms with Crippen molar-refractivity contribution in [2.45, 2.75) is 39.0 Å². The van der Waals surface area contributed by atoms with E-state index in [2.05, 4.69) is 34.7 Å². The maximum atomic E-state index is 10.4. The first kappa shape index (κ1) is 22.4. The van der Waals surface area contributed by atoms with Crippen molar-refractivity contribution in [2.24, 2.45) is 4.99 Å². The highest BCUT2D eigenvalue weighted by Gasteiger charge is 2.18. The Morgan fingerprint density at radius 2 is 2.07 bits per heavy atom. The van der Waals surface area contributed by atoms with Gasteiger partial charge >= 0.3 is 0 Å². The quantitative estimate of drug-likeness (QED) is 0.440. The monoisotopic (exact) mass is 431 g/mol. The van der Waals surface area contributed by atoms with Gasteiger partial charge in [-0.2, -0.15) is 0 Å². The van der Waals surface area contributed by atoms with Crippen molar-refractivity contribution in [1.29, 1.82) is 0 Å². The summed E-state index contributed by atoms with van der Waals surface area (Å²) in [6.07, 6.45) is 0.339. The molecule has 2 unspecified atom stereocenters. The maximum absolute atomic E-state index is 10.4. The topological polar surface area (TPSA) is 75.1 Å². The van der Waals surface area contributed by atoms with Crippen molar-refractivity contribution in [3.8, 4) is 5.75 Å². The molecule has 0 aliphatic carbocycles. The van der Waals surface area contributed by atoms with E-state index in [9.17, 15) is 5.11 Å². The van der Waals surface area contributed by atoms with E-state index >= 15 is 0 Å². The molecule has 2 atom stereocenters. The summed E-state index contributed by atoms with van der Waals surface area (Å²) >= 11 is 5.92. The van der Waals surface area contributed by atoms with Crippen LogP contribution in [-0.2, 0) is 11.3 Å². The van der Waals surface area contributed by atoms with Crippen LogP contribution in [0, 0.1) is 6.92 Å². The maximum Gasteiger partial charge on any atom is 0.191 e. The molecule has 1 aliphatic heterocycles. The summed E-state index contributed by atoms with van der Waals surface area (Å²) in [4.78, 5) is 4.68. The molecule has 0 saturated carbocycles. The Bertz CT molecular complexity index is 836. The molecule has 2 aromatic rings. The van der Waals surface area contributed by atoms with Crippen LogP contribution in [0.4, 0.5) is 0 Å². The van der Waals surface area contributed by atoms with Gasteiger partial charge in [-0.1, -0.05) is 35.9 Å². The minimum absolute atomic E-state index is 0.0930. The number of aryl methyl sites for hydroxylation is 1. The van der Waals surface area contributed by atoms with Gasteiger partial charge in [-0.25, -0.2) is 4.99 Å². The number of nitrogens with one attached hydrogen (secondary N) is 2. The molecule has 1 heterocycles. The number of hydrogen-bond acceptors (Lipinski definition) is 4. The van der Waals surface area contributed by atoms with Crippen LogP contribution in [0.2, 0.25) is 5.02 Å². The normalized spacial score (nSPS) is 17.6. The first-order valence-corrected chi connectivity index (χ1v) is 10.7. The van der Waals surface area contributed by atoms with Crippen LogP contribution in [-0.4, -0.2) is 43.5 Å². The van der Waals surface area contributed by atoms with Crippen LogP contribution < -0.4 is 15.4 Å². The van der Waals surface area contributed by atoms with Crippen molar-refractivity contribution in [3.63, 3.8) is 0 Å². The number of guanidine groups is 1. The van der Waals surface area contributed by atoms with Crippen LogP contribution in [0.5, 0.6) is 5.75 Å². The molecule has 3 N–H and O–H groups in total. The Morgan fingerprint density at radius 3 is 2.77 bits per heavy atom. The van der Waals surface area contributed by atoms with Crippen LogP contribution in [0.15, 0.2) is 47.5 Å². The summed E-state index contributed by atoms with van der Waals surface area (Å²) in [5, 5.41) is 17.5. The van der Waals surface area contributed by atoms with Crippen LogP contribution >= 0.6 is 11.6 Å². The van der Waals surface area contributed by atoms with E-state index in [0.29, 0.717) is 30.7 Å². The Balaban J connectivity index is 1.64. The number of aliphatic hydroxyl groups excluding tert-OH is 1. The Labute approximate surface area is 183 Å². The first-order valence-electron chi connectivity index (χ1n) is 10.3. The highest BCUT2D eigenvalue weighted by Crippen LogP contribution is 2.24. The van der Waals surface area contributed by atoms with Gasteiger partial charge in [-0.3, -0.25) is 0 Å². The molecule has 1 saturated heterocycles. The van der Waals surface area contributed by atoms with Gasteiger partial charge in [0.25, 0.3) is 0 Å². The third-order valence-corrected chi connectivity index (χ3v) is 5.13. The van der Waals surface area contributed by atoms with E-state index in [1.807, 2.05) is 25.1 Å². The molecule has 6 nitrogen and oxygen atoms in total. The van der Waals surface area contributed by atoms with E-state index in [-0.39, 0.29) is 6.10 Å². The molecular weight excluding hydrogens is 402 g/mol. The smallest absolute Gasteiger partial charge is 0.191 e. The number of rotatable bonds is 8. The van der Waals surface area contributed by atoms with Crippen molar-refractivity contribution in [2.75, 3.05) is 26.3 Å². The second-order valence-electron chi connectivity index (χ2n) is 7.36. The molecular formula is C23H30ClN3O3. The molecule has 0 bridgehead atoms. The van der Waals surface area contributed by atoms with Gasteiger partial charge in [0, 0.05) is 30.1 Å². The standard InChI is InChI=1S/C23H30ClN3O3/c1-3-25-23(27-14-21(28)17-6-8-19(24)9-7-17)26-13-18-5-4-16(2)12-22(18)30-20-10-11-29-15-20/h4-9,12,20-21,28H,3,10-11,13-15H2,1-2H3,(H2,25,26,27). The van der Waals surface area contributed by atoms with E-state index in [1.165, 1.54) is 0 Å². The van der Waals surface area contributed by atoms with Gasteiger partial charge in [0.1, 0.15) is 11.9 Å². The molecule has 0 radical (unpaired) electrons. The van der Waals surface area contributed by atoms with Crippen LogP contribution in [0.3, 0.4) is 0 Å². The minimum Gasteiger partial charge on any atom is -0.488 e. The van der Waals surface area contributed by atoms with Crippen LogP contribution in [0.1, 0.15) is 36.1 Å². The zero-order chi connectivity index (χ0) is 21.3. The number of hydrogen-bond donors (Lipinski definition) is 3. The molecule has 1 aliphatic rings. The van der Waals surface area contributed by atoms with Crippen LogP contribution in [0.25, 0.3) is 0 Å². The van der Waals surface area contributed by atoms with E-state index in [0.717, 1.165) is 42.0 Å². The van der Waals surface area contributed by atoms with Gasteiger partial charge in [0.15, 0.2) is 5.96 Å². The molecule has 7 heteroatoms. The minimum atomic E-state index is -0.660. The van der Waals surface area contributed by atoms with Gasteiger partial charge in [0.05, 0.1) is 25.9 Å². The van der Waals surface area contributed by atoms with Gasteiger partial charge < -0.3 is 25.2 Å². The Morgan fingerprint density at radius 1 is 1.27 bits per heavy atom. The van der Waals surface area contributed by atoms with Gasteiger partial charge in [-0.05, 0) is 43.2 Å². The zero-order valence-corrected chi connectivity index (χ0v) is 18.3. The lowest BCUT2D eigenvalue weighted by Gasteiger charge is -2.17. The fourth-order valence-electron chi connectivity index (χ4n) is 3.19.